The zero-order chi connectivity index (χ0) is 16.9. The number of aromatic nitrogens is 2. The second-order valence-corrected chi connectivity index (χ2v) is 5.35. The molecule has 0 spiro atoms. The maximum absolute atomic E-state index is 12.9. The summed E-state index contributed by atoms with van der Waals surface area (Å²) in [5, 5.41) is 5.61. The maximum atomic E-state index is 12.9. The molecule has 0 unspecified atom stereocenters. The summed E-state index contributed by atoms with van der Waals surface area (Å²) >= 11 is 0. The fourth-order valence-electron chi connectivity index (χ4n) is 2.43. The van der Waals surface area contributed by atoms with Gasteiger partial charge in [-0.3, -0.25) is 0 Å². The molecule has 0 saturated heterocycles. The van der Waals surface area contributed by atoms with Gasteiger partial charge in [0.1, 0.15) is 17.7 Å². The molecule has 0 fully saturated rings. The van der Waals surface area contributed by atoms with Gasteiger partial charge in [-0.2, -0.15) is 0 Å². The summed E-state index contributed by atoms with van der Waals surface area (Å²) in [7, 11) is 1.87. The van der Waals surface area contributed by atoms with Crippen LogP contribution in [0.3, 0.4) is 0 Å². The molecule has 1 aromatic heterocycles. The zero-order valence-electron chi connectivity index (χ0n) is 13.1. The molecule has 0 aliphatic carbocycles. The Kier molecular flexibility index (Phi) is 4.56. The van der Waals surface area contributed by atoms with Gasteiger partial charge in [0, 0.05) is 25.1 Å². The molecule has 0 radical (unpaired) electrons. The third-order valence-corrected chi connectivity index (χ3v) is 3.63. The minimum Gasteiger partial charge on any atom is -0.336 e. The number of urea groups is 1. The summed E-state index contributed by atoms with van der Waals surface area (Å²) in [5.41, 5.74) is 1.43. The van der Waals surface area contributed by atoms with Gasteiger partial charge in [0.15, 0.2) is 0 Å². The molecule has 2 N–H and O–H groups in total. The quantitative estimate of drug-likeness (QED) is 0.772. The molecule has 0 saturated carbocycles. The predicted octanol–water partition coefficient (Wildman–Crippen LogP) is 3.47. The second-order valence-electron chi connectivity index (χ2n) is 5.35. The number of anilines is 1. The van der Waals surface area contributed by atoms with E-state index in [-0.39, 0.29) is 5.82 Å². The lowest BCUT2D eigenvalue weighted by molar-refractivity contribution is 0.249. The Labute approximate surface area is 139 Å². The first-order valence-corrected chi connectivity index (χ1v) is 7.49. The molecule has 24 heavy (non-hydrogen) atoms. The van der Waals surface area contributed by atoms with Crippen molar-refractivity contribution in [1.29, 1.82) is 0 Å². The lowest BCUT2D eigenvalue weighted by atomic mass is 10.1. The van der Waals surface area contributed by atoms with Crippen molar-refractivity contribution in [2.45, 2.75) is 6.04 Å². The highest BCUT2D eigenvalue weighted by molar-refractivity contribution is 5.89. The van der Waals surface area contributed by atoms with Gasteiger partial charge in [0.2, 0.25) is 0 Å². The Hall–Kier alpha value is -3.15. The van der Waals surface area contributed by atoms with Gasteiger partial charge in [-0.15, -0.1) is 0 Å². The molecule has 3 aromatic rings. The fraction of sp³-hybridized carbons (Fsp3) is 0.111. The first-order valence-electron chi connectivity index (χ1n) is 7.49. The number of hydrogen-bond acceptors (Lipinski definition) is 2. The lowest BCUT2D eigenvalue weighted by Gasteiger charge is -2.19. The number of carbonyl (C=O) groups excluding carboxylic acids is 1. The summed E-state index contributed by atoms with van der Waals surface area (Å²) in [6.07, 6.45) is 3.51. The van der Waals surface area contributed by atoms with Crippen LogP contribution >= 0.6 is 0 Å². The van der Waals surface area contributed by atoms with E-state index >= 15 is 0 Å². The van der Waals surface area contributed by atoms with Crippen LogP contribution in [-0.2, 0) is 7.05 Å². The number of rotatable bonds is 4. The molecule has 0 aliphatic heterocycles. The van der Waals surface area contributed by atoms with E-state index < -0.39 is 12.1 Å². The molecule has 5 nitrogen and oxygen atoms in total. The van der Waals surface area contributed by atoms with Crippen LogP contribution in [0.4, 0.5) is 14.9 Å². The summed E-state index contributed by atoms with van der Waals surface area (Å²) in [6, 6.07) is 14.4. The molecule has 1 heterocycles. The topological polar surface area (TPSA) is 59.0 Å². The Balaban J connectivity index is 1.80. The number of aryl methyl sites for hydroxylation is 1. The lowest BCUT2D eigenvalue weighted by Crippen LogP contribution is -2.34. The summed E-state index contributed by atoms with van der Waals surface area (Å²) < 4.78 is 14.8. The SMILES string of the molecule is Cn1ccnc1[C@H](NC(=O)Nc1ccc(F)cc1)c1ccccc1. The zero-order valence-corrected chi connectivity index (χ0v) is 13.1. The predicted molar refractivity (Wildman–Crippen MR) is 90.0 cm³/mol. The monoisotopic (exact) mass is 324 g/mol. The van der Waals surface area contributed by atoms with E-state index in [9.17, 15) is 9.18 Å². The van der Waals surface area contributed by atoms with E-state index in [1.807, 2.05) is 48.1 Å². The van der Waals surface area contributed by atoms with Crippen LogP contribution in [0, 0.1) is 5.82 Å². The first kappa shape index (κ1) is 15.7. The minimum atomic E-state index is -0.397. The van der Waals surface area contributed by atoms with Gasteiger partial charge in [-0.1, -0.05) is 30.3 Å². The van der Waals surface area contributed by atoms with E-state index in [2.05, 4.69) is 15.6 Å². The van der Waals surface area contributed by atoms with E-state index in [4.69, 9.17) is 0 Å². The Bertz CT molecular complexity index is 815. The van der Waals surface area contributed by atoms with E-state index in [1.165, 1.54) is 24.3 Å². The summed E-state index contributed by atoms with van der Waals surface area (Å²) in [5.74, 6) is 0.367. The normalized spacial score (nSPS) is 11.8. The van der Waals surface area contributed by atoms with Crippen LogP contribution in [0.2, 0.25) is 0 Å². The molecular weight excluding hydrogens is 307 g/mol. The van der Waals surface area contributed by atoms with Gasteiger partial charge in [-0.05, 0) is 29.8 Å². The second kappa shape index (κ2) is 6.95. The number of amides is 2. The van der Waals surface area contributed by atoms with Crippen molar-refractivity contribution in [2.75, 3.05) is 5.32 Å². The van der Waals surface area contributed by atoms with E-state index in [1.54, 1.807) is 6.20 Å². The van der Waals surface area contributed by atoms with Crippen molar-refractivity contribution in [2.24, 2.45) is 7.05 Å². The van der Waals surface area contributed by atoms with Crippen LogP contribution in [0.1, 0.15) is 17.4 Å². The first-order chi connectivity index (χ1) is 11.6. The number of halogens is 1. The molecule has 0 bridgehead atoms. The summed E-state index contributed by atoms with van der Waals surface area (Å²) in [4.78, 5) is 16.7. The van der Waals surface area contributed by atoms with Gasteiger partial charge >= 0.3 is 6.03 Å². The van der Waals surface area contributed by atoms with Crippen LogP contribution < -0.4 is 10.6 Å². The largest absolute Gasteiger partial charge is 0.336 e. The van der Waals surface area contributed by atoms with Crippen molar-refractivity contribution in [1.82, 2.24) is 14.9 Å². The molecule has 2 amide bonds. The van der Waals surface area contributed by atoms with Crippen molar-refractivity contribution in [3.8, 4) is 0 Å². The maximum Gasteiger partial charge on any atom is 0.320 e. The number of hydrogen-bond donors (Lipinski definition) is 2. The van der Waals surface area contributed by atoms with Crippen molar-refractivity contribution < 1.29 is 9.18 Å². The van der Waals surface area contributed by atoms with Crippen molar-refractivity contribution in [3.05, 3.63) is 84.2 Å². The van der Waals surface area contributed by atoms with Gasteiger partial charge < -0.3 is 15.2 Å². The van der Waals surface area contributed by atoms with Crippen LogP contribution in [0.25, 0.3) is 0 Å². The van der Waals surface area contributed by atoms with Crippen molar-refractivity contribution >= 4 is 11.7 Å². The van der Waals surface area contributed by atoms with Gasteiger partial charge in [-0.25, -0.2) is 14.2 Å². The number of imidazole rings is 1. The fourth-order valence-corrected chi connectivity index (χ4v) is 2.43. The Morgan fingerprint density at radius 2 is 1.83 bits per heavy atom. The minimum absolute atomic E-state index is 0.351. The molecule has 6 heteroatoms. The molecule has 122 valence electrons. The number of nitrogens with one attached hydrogen (secondary N) is 2. The Morgan fingerprint density at radius 3 is 2.46 bits per heavy atom. The smallest absolute Gasteiger partial charge is 0.320 e. The highest BCUT2D eigenvalue weighted by atomic mass is 19.1. The number of nitrogens with zero attached hydrogens (tertiary/aromatic N) is 2. The Morgan fingerprint density at radius 1 is 1.12 bits per heavy atom. The molecular formula is C18H17FN4O. The molecule has 2 aromatic carbocycles. The van der Waals surface area contributed by atoms with Crippen LogP contribution in [0.5, 0.6) is 0 Å². The standard InChI is InChI=1S/C18H17FN4O/c1-23-12-11-20-17(23)16(13-5-3-2-4-6-13)22-18(24)21-15-9-7-14(19)8-10-15/h2-12,16H,1H3,(H2,21,22,24)/t16-/m1/s1. The molecule has 0 aliphatic rings. The van der Waals surface area contributed by atoms with Crippen LogP contribution in [-0.4, -0.2) is 15.6 Å². The van der Waals surface area contributed by atoms with E-state index in [0.717, 1.165) is 11.4 Å². The van der Waals surface area contributed by atoms with Crippen molar-refractivity contribution in [3.63, 3.8) is 0 Å². The average Bonchev–Trinajstić information content (AvgIpc) is 3.01. The third kappa shape index (κ3) is 3.60. The molecule has 1 atom stereocenters. The summed E-state index contributed by atoms with van der Waals surface area (Å²) in [6.45, 7) is 0. The van der Waals surface area contributed by atoms with Gasteiger partial charge in [0.25, 0.3) is 0 Å². The molecule has 3 rings (SSSR count). The van der Waals surface area contributed by atoms with E-state index in [0.29, 0.717) is 5.69 Å². The van der Waals surface area contributed by atoms with Crippen LogP contribution in [0.15, 0.2) is 67.0 Å². The third-order valence-electron chi connectivity index (χ3n) is 3.63. The van der Waals surface area contributed by atoms with Gasteiger partial charge in [0.05, 0.1) is 0 Å². The highest BCUT2D eigenvalue weighted by Gasteiger charge is 2.20. The highest BCUT2D eigenvalue weighted by Crippen LogP contribution is 2.20. The number of benzene rings is 2. The number of carbonyl (C=O) groups is 1. The average molecular weight is 324 g/mol.